The van der Waals surface area contributed by atoms with Crippen molar-refractivity contribution in [2.24, 2.45) is 0 Å². The molecule has 1 aliphatic heterocycles. The lowest BCUT2D eigenvalue weighted by molar-refractivity contribution is -0.133. The van der Waals surface area contributed by atoms with Crippen LogP contribution in [-0.4, -0.2) is 67.3 Å². The number of nitrogens with one attached hydrogen (secondary N) is 2. The van der Waals surface area contributed by atoms with Gasteiger partial charge in [-0.1, -0.05) is 24.3 Å². The first-order chi connectivity index (χ1) is 18.0. The standard InChI is InChI=1S/C28H33FN4O5/c1-28(2,3)38-27(36)33-12-5-13-37-24(17-33)26(35)32-22(16-30)14-21-11-10-20(15-23(21)29)18-6-8-19(9-7-18)25(34)31-4/h6-11,15,22,24H,5,12-14,17H2,1-4H3,(H,31,34)(H,32,35)/t22-,24-/m0/s1. The third-order valence-electron chi connectivity index (χ3n) is 5.88. The summed E-state index contributed by atoms with van der Waals surface area (Å²) in [5, 5.41) is 14.8. The van der Waals surface area contributed by atoms with E-state index >= 15 is 0 Å². The molecule has 1 heterocycles. The van der Waals surface area contributed by atoms with Crippen molar-refractivity contribution in [1.82, 2.24) is 15.5 Å². The second kappa shape index (κ2) is 12.5. The molecule has 1 saturated heterocycles. The van der Waals surface area contributed by atoms with Gasteiger partial charge < -0.3 is 25.0 Å². The van der Waals surface area contributed by atoms with E-state index in [0.717, 1.165) is 5.56 Å². The third kappa shape index (κ3) is 7.76. The molecule has 0 spiro atoms. The van der Waals surface area contributed by atoms with Gasteiger partial charge in [0.15, 0.2) is 6.10 Å². The molecule has 0 aliphatic carbocycles. The molecule has 10 heteroatoms. The molecular formula is C28H33FN4O5. The molecule has 202 valence electrons. The molecule has 0 saturated carbocycles. The number of nitriles is 1. The summed E-state index contributed by atoms with van der Waals surface area (Å²) in [6, 6.07) is 12.4. The summed E-state index contributed by atoms with van der Waals surface area (Å²) in [6.45, 7) is 5.92. The lowest BCUT2D eigenvalue weighted by atomic mass is 9.99. The minimum absolute atomic E-state index is 0.0132. The van der Waals surface area contributed by atoms with Gasteiger partial charge in [-0.3, -0.25) is 9.59 Å². The molecule has 1 aliphatic rings. The Morgan fingerprint density at radius 3 is 2.47 bits per heavy atom. The highest BCUT2D eigenvalue weighted by atomic mass is 19.1. The van der Waals surface area contributed by atoms with E-state index in [0.29, 0.717) is 24.1 Å². The number of halogens is 1. The zero-order valence-corrected chi connectivity index (χ0v) is 22.0. The normalized spacial score (nSPS) is 16.5. The van der Waals surface area contributed by atoms with Gasteiger partial charge in [-0.15, -0.1) is 0 Å². The van der Waals surface area contributed by atoms with Crippen LogP contribution in [0.1, 0.15) is 43.1 Å². The summed E-state index contributed by atoms with van der Waals surface area (Å²) in [5.74, 6) is -1.29. The Kier molecular flexibility index (Phi) is 9.42. The van der Waals surface area contributed by atoms with Crippen LogP contribution >= 0.6 is 0 Å². The highest BCUT2D eigenvalue weighted by molar-refractivity contribution is 5.94. The van der Waals surface area contributed by atoms with Crippen molar-refractivity contribution in [2.45, 2.75) is 51.4 Å². The number of benzene rings is 2. The largest absolute Gasteiger partial charge is 0.444 e. The maximum atomic E-state index is 14.9. The Balaban J connectivity index is 1.64. The highest BCUT2D eigenvalue weighted by Crippen LogP contribution is 2.23. The summed E-state index contributed by atoms with van der Waals surface area (Å²) < 4.78 is 26.0. The van der Waals surface area contributed by atoms with Gasteiger partial charge in [-0.05, 0) is 62.1 Å². The minimum Gasteiger partial charge on any atom is -0.444 e. The number of nitrogens with zero attached hydrogens (tertiary/aromatic N) is 2. The molecule has 0 radical (unpaired) electrons. The number of amides is 3. The fourth-order valence-corrected chi connectivity index (χ4v) is 3.94. The van der Waals surface area contributed by atoms with Crippen LogP contribution < -0.4 is 10.6 Å². The van der Waals surface area contributed by atoms with Gasteiger partial charge in [0.2, 0.25) is 0 Å². The molecule has 2 aromatic carbocycles. The average Bonchev–Trinajstić information content (AvgIpc) is 3.14. The number of hydrogen-bond acceptors (Lipinski definition) is 6. The molecule has 0 aromatic heterocycles. The van der Waals surface area contributed by atoms with Gasteiger partial charge in [-0.25, -0.2) is 9.18 Å². The number of rotatable bonds is 6. The molecule has 3 rings (SSSR count). The van der Waals surface area contributed by atoms with Crippen molar-refractivity contribution in [3.63, 3.8) is 0 Å². The Bertz CT molecular complexity index is 1200. The van der Waals surface area contributed by atoms with Gasteiger partial charge in [0, 0.05) is 32.2 Å². The molecule has 3 amide bonds. The molecule has 2 N–H and O–H groups in total. The summed E-state index contributed by atoms with van der Waals surface area (Å²) >= 11 is 0. The van der Waals surface area contributed by atoms with Gasteiger partial charge in [0.1, 0.15) is 17.5 Å². The van der Waals surface area contributed by atoms with Crippen LogP contribution in [0.3, 0.4) is 0 Å². The molecule has 0 bridgehead atoms. The van der Waals surface area contributed by atoms with Crippen LogP contribution in [-0.2, 0) is 20.7 Å². The van der Waals surface area contributed by atoms with E-state index < -0.39 is 35.6 Å². The monoisotopic (exact) mass is 524 g/mol. The van der Waals surface area contributed by atoms with E-state index in [1.165, 1.54) is 11.0 Å². The van der Waals surface area contributed by atoms with Crippen molar-refractivity contribution in [1.29, 1.82) is 5.26 Å². The quantitative estimate of drug-likeness (QED) is 0.597. The van der Waals surface area contributed by atoms with Crippen molar-refractivity contribution < 1.29 is 28.2 Å². The highest BCUT2D eigenvalue weighted by Gasteiger charge is 2.31. The Morgan fingerprint density at radius 1 is 1.18 bits per heavy atom. The third-order valence-corrected chi connectivity index (χ3v) is 5.88. The number of hydrogen-bond donors (Lipinski definition) is 2. The second-order valence-electron chi connectivity index (χ2n) is 10.00. The van der Waals surface area contributed by atoms with E-state index in [9.17, 15) is 24.0 Å². The van der Waals surface area contributed by atoms with Crippen molar-refractivity contribution >= 4 is 17.9 Å². The fourth-order valence-electron chi connectivity index (χ4n) is 3.94. The first kappa shape index (κ1) is 28.6. The summed E-state index contributed by atoms with van der Waals surface area (Å²) in [4.78, 5) is 38.5. The molecule has 2 aromatic rings. The Morgan fingerprint density at radius 2 is 1.87 bits per heavy atom. The molecular weight excluding hydrogens is 491 g/mol. The van der Waals surface area contributed by atoms with Gasteiger partial charge >= 0.3 is 6.09 Å². The molecule has 38 heavy (non-hydrogen) atoms. The van der Waals surface area contributed by atoms with Crippen LogP contribution in [0.5, 0.6) is 0 Å². The molecule has 0 unspecified atom stereocenters. The zero-order valence-electron chi connectivity index (χ0n) is 22.0. The smallest absolute Gasteiger partial charge is 0.410 e. The fraction of sp³-hybridized carbons (Fsp3) is 0.429. The lowest BCUT2D eigenvalue weighted by Crippen LogP contribution is -2.48. The first-order valence-electron chi connectivity index (χ1n) is 12.4. The van der Waals surface area contributed by atoms with E-state index in [1.54, 1.807) is 64.2 Å². The van der Waals surface area contributed by atoms with Gasteiger partial charge in [0.05, 0.1) is 12.6 Å². The van der Waals surface area contributed by atoms with Crippen molar-refractivity contribution in [2.75, 3.05) is 26.7 Å². The number of carbonyl (C=O) groups is 3. The minimum atomic E-state index is -1.00. The maximum absolute atomic E-state index is 14.9. The van der Waals surface area contributed by atoms with E-state index in [2.05, 4.69) is 10.6 Å². The van der Waals surface area contributed by atoms with E-state index in [1.807, 2.05) is 6.07 Å². The zero-order chi connectivity index (χ0) is 27.9. The topological polar surface area (TPSA) is 121 Å². The van der Waals surface area contributed by atoms with E-state index in [-0.39, 0.29) is 31.0 Å². The maximum Gasteiger partial charge on any atom is 0.410 e. The van der Waals surface area contributed by atoms with Crippen LogP contribution in [0.4, 0.5) is 9.18 Å². The molecule has 1 fully saturated rings. The van der Waals surface area contributed by atoms with Crippen molar-refractivity contribution in [3.8, 4) is 17.2 Å². The number of ether oxygens (including phenoxy) is 2. The summed E-state index contributed by atoms with van der Waals surface area (Å²) in [5.41, 5.74) is 1.42. The van der Waals surface area contributed by atoms with Crippen molar-refractivity contribution in [3.05, 3.63) is 59.4 Å². The lowest BCUT2D eigenvalue weighted by Gasteiger charge is -2.27. The SMILES string of the molecule is CNC(=O)c1ccc(-c2ccc(C[C@@H](C#N)NC(=O)[C@@H]3CN(C(=O)OC(C)(C)C)CCCO3)c(F)c2)cc1. The predicted molar refractivity (Wildman–Crippen MR) is 139 cm³/mol. The van der Waals surface area contributed by atoms with E-state index in [4.69, 9.17) is 9.47 Å². The first-order valence-corrected chi connectivity index (χ1v) is 12.4. The predicted octanol–water partition coefficient (Wildman–Crippen LogP) is 3.43. The second-order valence-corrected chi connectivity index (χ2v) is 10.00. The molecule has 9 nitrogen and oxygen atoms in total. The van der Waals surface area contributed by atoms with Gasteiger partial charge in [-0.2, -0.15) is 5.26 Å². The van der Waals surface area contributed by atoms with Crippen LogP contribution in [0.25, 0.3) is 11.1 Å². The Labute approximate surface area is 221 Å². The number of carbonyl (C=O) groups excluding carboxylic acids is 3. The average molecular weight is 525 g/mol. The summed E-state index contributed by atoms with van der Waals surface area (Å²) in [6.07, 6.45) is -1.03. The van der Waals surface area contributed by atoms with Gasteiger partial charge in [0.25, 0.3) is 11.8 Å². The van der Waals surface area contributed by atoms with Crippen LogP contribution in [0, 0.1) is 17.1 Å². The van der Waals surface area contributed by atoms with Crippen LogP contribution in [0.15, 0.2) is 42.5 Å². The Hall–Kier alpha value is -3.97. The summed E-state index contributed by atoms with van der Waals surface area (Å²) in [7, 11) is 1.55. The molecule has 2 atom stereocenters. The van der Waals surface area contributed by atoms with Crippen LogP contribution in [0.2, 0.25) is 0 Å².